The second-order valence-corrected chi connectivity index (χ2v) is 6.56. The number of piperidine rings is 1. The summed E-state index contributed by atoms with van der Waals surface area (Å²) in [4.78, 5) is 7.11. The van der Waals surface area contributed by atoms with E-state index in [1.54, 1.807) is 0 Å². The first-order valence-electron chi connectivity index (χ1n) is 7.78. The van der Waals surface area contributed by atoms with Crippen molar-refractivity contribution in [3.8, 4) is 0 Å². The van der Waals surface area contributed by atoms with Crippen molar-refractivity contribution in [2.24, 2.45) is 5.92 Å². The Balaban J connectivity index is 1.91. The maximum atomic E-state index is 4.67. The van der Waals surface area contributed by atoms with Gasteiger partial charge in [-0.15, -0.1) is 0 Å². The number of hydrogen-bond acceptors (Lipinski definition) is 3. The van der Waals surface area contributed by atoms with Crippen LogP contribution in [0.1, 0.15) is 19.8 Å². The number of nitrogens with one attached hydrogen (secondary N) is 1. The molecule has 0 radical (unpaired) electrons. The number of pyridine rings is 1. The number of anilines is 1. The molecule has 0 amide bonds. The van der Waals surface area contributed by atoms with Crippen molar-refractivity contribution in [3.63, 3.8) is 0 Å². The van der Waals surface area contributed by atoms with Crippen molar-refractivity contribution < 1.29 is 0 Å². The third kappa shape index (κ3) is 3.22. The first kappa shape index (κ1) is 14.8. The van der Waals surface area contributed by atoms with Crippen molar-refractivity contribution in [2.75, 3.05) is 31.1 Å². The predicted octanol–water partition coefficient (Wildman–Crippen LogP) is 3.82. The highest BCUT2D eigenvalue weighted by atomic mass is 79.9. The van der Waals surface area contributed by atoms with E-state index in [2.05, 4.69) is 62.3 Å². The fourth-order valence-corrected chi connectivity index (χ4v) is 3.65. The van der Waals surface area contributed by atoms with Gasteiger partial charge in [0.2, 0.25) is 0 Å². The summed E-state index contributed by atoms with van der Waals surface area (Å²) in [6, 6.07) is 8.44. The largest absolute Gasteiger partial charge is 0.356 e. The van der Waals surface area contributed by atoms with Gasteiger partial charge in [-0.2, -0.15) is 0 Å². The average molecular weight is 348 g/mol. The summed E-state index contributed by atoms with van der Waals surface area (Å²) >= 11 is 3.65. The Hall–Kier alpha value is -1.13. The Kier molecular flexibility index (Phi) is 4.76. The number of rotatable bonds is 4. The highest BCUT2D eigenvalue weighted by Gasteiger charge is 2.18. The fourth-order valence-electron chi connectivity index (χ4n) is 3.15. The van der Waals surface area contributed by atoms with E-state index < -0.39 is 0 Å². The molecule has 0 saturated carbocycles. The number of nitrogens with zero attached hydrogens (tertiary/aromatic N) is 2. The van der Waals surface area contributed by atoms with Gasteiger partial charge >= 0.3 is 0 Å². The molecule has 21 heavy (non-hydrogen) atoms. The number of benzene rings is 1. The van der Waals surface area contributed by atoms with Gasteiger partial charge in [-0.05, 0) is 50.9 Å². The highest BCUT2D eigenvalue weighted by molar-refractivity contribution is 9.10. The summed E-state index contributed by atoms with van der Waals surface area (Å²) in [5, 5.41) is 5.92. The van der Waals surface area contributed by atoms with Gasteiger partial charge < -0.3 is 10.2 Å². The average Bonchev–Trinajstić information content (AvgIpc) is 2.54. The monoisotopic (exact) mass is 347 g/mol. The maximum Gasteiger partial charge on any atom is 0.136 e. The minimum absolute atomic E-state index is 0.774. The number of fused-ring (bicyclic) bond motifs is 1. The van der Waals surface area contributed by atoms with Gasteiger partial charge in [-0.3, -0.25) is 0 Å². The summed E-state index contributed by atoms with van der Waals surface area (Å²) in [5.74, 6) is 1.89. The first-order valence-corrected chi connectivity index (χ1v) is 8.57. The molecule has 2 heterocycles. The van der Waals surface area contributed by atoms with Crippen LogP contribution in [0.5, 0.6) is 0 Å². The maximum absolute atomic E-state index is 4.67. The van der Waals surface area contributed by atoms with Crippen LogP contribution < -0.4 is 10.2 Å². The highest BCUT2D eigenvalue weighted by Crippen LogP contribution is 2.30. The lowest BCUT2D eigenvalue weighted by Crippen LogP contribution is -2.36. The molecule has 1 aromatic heterocycles. The van der Waals surface area contributed by atoms with E-state index in [0.717, 1.165) is 42.4 Å². The summed E-state index contributed by atoms with van der Waals surface area (Å²) in [5.41, 5.74) is 0. The molecule has 1 fully saturated rings. The Morgan fingerprint density at radius 3 is 2.81 bits per heavy atom. The minimum atomic E-state index is 0.774. The molecule has 4 heteroatoms. The van der Waals surface area contributed by atoms with Gasteiger partial charge in [0.1, 0.15) is 5.82 Å². The van der Waals surface area contributed by atoms with Gasteiger partial charge in [0, 0.05) is 34.5 Å². The lowest BCUT2D eigenvalue weighted by molar-refractivity contribution is 0.374. The molecular weight excluding hydrogens is 326 g/mol. The normalized spacial score (nSPS) is 16.3. The van der Waals surface area contributed by atoms with Crippen molar-refractivity contribution in [2.45, 2.75) is 19.8 Å². The molecule has 112 valence electrons. The van der Waals surface area contributed by atoms with E-state index in [1.807, 2.05) is 6.20 Å². The second-order valence-electron chi connectivity index (χ2n) is 5.70. The van der Waals surface area contributed by atoms with Crippen LogP contribution in [0.4, 0.5) is 5.82 Å². The Morgan fingerprint density at radius 1 is 1.24 bits per heavy atom. The third-order valence-electron chi connectivity index (χ3n) is 4.35. The van der Waals surface area contributed by atoms with E-state index in [9.17, 15) is 0 Å². The van der Waals surface area contributed by atoms with Crippen molar-refractivity contribution in [1.82, 2.24) is 10.3 Å². The van der Waals surface area contributed by atoms with Crippen LogP contribution in [-0.2, 0) is 0 Å². The summed E-state index contributed by atoms with van der Waals surface area (Å²) in [7, 11) is 0. The summed E-state index contributed by atoms with van der Waals surface area (Å²) in [6.07, 6.45) is 4.46. The van der Waals surface area contributed by atoms with Crippen LogP contribution in [0, 0.1) is 5.92 Å². The first-order chi connectivity index (χ1) is 10.3. The molecule has 0 unspecified atom stereocenters. The molecule has 3 nitrogen and oxygen atoms in total. The molecule has 1 aliphatic rings. The third-order valence-corrected chi connectivity index (χ3v) is 5.04. The number of aromatic nitrogens is 1. The molecule has 0 atom stereocenters. The zero-order valence-corrected chi connectivity index (χ0v) is 14.1. The zero-order chi connectivity index (χ0) is 14.7. The number of hydrogen-bond donors (Lipinski definition) is 1. The van der Waals surface area contributed by atoms with Gasteiger partial charge in [-0.25, -0.2) is 4.98 Å². The smallest absolute Gasteiger partial charge is 0.136 e. The Bertz CT molecular complexity index is 608. The Labute approximate surface area is 134 Å². The van der Waals surface area contributed by atoms with E-state index in [-0.39, 0.29) is 0 Å². The minimum Gasteiger partial charge on any atom is -0.356 e. The predicted molar refractivity (Wildman–Crippen MR) is 92.9 cm³/mol. The van der Waals surface area contributed by atoms with E-state index in [0.29, 0.717) is 0 Å². The van der Waals surface area contributed by atoms with E-state index in [4.69, 9.17) is 0 Å². The SMILES string of the molecule is CCN(CC1CCNCC1)c1nccc2c(Br)cccc12. The van der Waals surface area contributed by atoms with Gasteiger partial charge in [-0.1, -0.05) is 28.1 Å². The Morgan fingerprint density at radius 2 is 2.05 bits per heavy atom. The molecule has 0 bridgehead atoms. The van der Waals surface area contributed by atoms with Crippen LogP contribution >= 0.6 is 15.9 Å². The quantitative estimate of drug-likeness (QED) is 0.910. The molecule has 1 aromatic carbocycles. The molecule has 0 aliphatic carbocycles. The number of halogens is 1. The van der Waals surface area contributed by atoms with E-state index >= 15 is 0 Å². The topological polar surface area (TPSA) is 28.2 Å². The fraction of sp³-hybridized carbons (Fsp3) is 0.471. The molecule has 0 spiro atoms. The second kappa shape index (κ2) is 6.75. The standard InChI is InChI=1S/C17H22BrN3/c1-2-21(12-13-6-9-19-10-7-13)17-15-4-3-5-16(18)14(15)8-11-20-17/h3-5,8,11,13,19H,2,6-7,9-10,12H2,1H3. The lowest BCUT2D eigenvalue weighted by Gasteiger charge is -2.30. The van der Waals surface area contributed by atoms with Gasteiger partial charge in [0.15, 0.2) is 0 Å². The lowest BCUT2D eigenvalue weighted by atomic mass is 9.97. The van der Waals surface area contributed by atoms with Crippen molar-refractivity contribution in [1.29, 1.82) is 0 Å². The summed E-state index contributed by atoms with van der Waals surface area (Å²) < 4.78 is 1.14. The zero-order valence-electron chi connectivity index (χ0n) is 12.5. The molecule has 2 aromatic rings. The van der Waals surface area contributed by atoms with Crippen LogP contribution in [0.2, 0.25) is 0 Å². The van der Waals surface area contributed by atoms with Crippen LogP contribution in [0.3, 0.4) is 0 Å². The summed E-state index contributed by atoms with van der Waals surface area (Å²) in [6.45, 7) is 6.63. The molecule has 1 saturated heterocycles. The van der Waals surface area contributed by atoms with Crippen LogP contribution in [-0.4, -0.2) is 31.2 Å². The van der Waals surface area contributed by atoms with E-state index in [1.165, 1.54) is 23.6 Å². The van der Waals surface area contributed by atoms with Crippen molar-refractivity contribution >= 4 is 32.5 Å². The van der Waals surface area contributed by atoms with Gasteiger partial charge in [0.05, 0.1) is 0 Å². The molecule has 1 aliphatic heterocycles. The van der Waals surface area contributed by atoms with Crippen LogP contribution in [0.25, 0.3) is 10.8 Å². The molecular formula is C17H22BrN3. The molecule has 1 N–H and O–H groups in total. The molecule has 3 rings (SSSR count). The van der Waals surface area contributed by atoms with Crippen molar-refractivity contribution in [3.05, 3.63) is 34.9 Å². The van der Waals surface area contributed by atoms with Crippen LogP contribution in [0.15, 0.2) is 34.9 Å². The van der Waals surface area contributed by atoms with Gasteiger partial charge in [0.25, 0.3) is 0 Å².